The third-order valence-electron chi connectivity index (χ3n) is 4.61. The third-order valence-corrected chi connectivity index (χ3v) is 7.78. The van der Waals surface area contributed by atoms with Gasteiger partial charge in [-0.05, 0) is 18.2 Å². The number of nitrogens with zero attached hydrogens (tertiary/aromatic N) is 2. The summed E-state index contributed by atoms with van der Waals surface area (Å²) in [5.41, 5.74) is 1.16. The van der Waals surface area contributed by atoms with Crippen molar-refractivity contribution in [2.24, 2.45) is 0 Å². The minimum Gasteiger partial charge on any atom is -0.420 e. The molecule has 0 saturated carbocycles. The van der Waals surface area contributed by atoms with Crippen LogP contribution in [0.3, 0.4) is 0 Å². The van der Waals surface area contributed by atoms with Gasteiger partial charge in [-0.1, -0.05) is 78.3 Å². The van der Waals surface area contributed by atoms with Crippen LogP contribution in [0.5, 0.6) is 0 Å². The second-order valence-electron chi connectivity index (χ2n) is 6.83. The van der Waals surface area contributed by atoms with E-state index in [1.807, 2.05) is 86.9 Å². The highest BCUT2D eigenvalue weighted by Crippen LogP contribution is 2.45. The van der Waals surface area contributed by atoms with E-state index in [1.165, 1.54) is 0 Å². The molecule has 0 amide bonds. The summed E-state index contributed by atoms with van der Waals surface area (Å²) in [6, 6.07) is 26.2. The molecule has 1 aromatic heterocycles. The fraction of sp³-hybridized carbons (Fsp3) is 0.0870. The molecule has 0 aliphatic carbocycles. The van der Waals surface area contributed by atoms with E-state index in [-0.39, 0.29) is 0 Å². The van der Waals surface area contributed by atoms with Crippen molar-refractivity contribution in [3.8, 4) is 11.5 Å². The van der Waals surface area contributed by atoms with Crippen LogP contribution in [0.4, 0.5) is 5.88 Å². The smallest absolute Gasteiger partial charge is 0.229 e. The van der Waals surface area contributed by atoms with Crippen LogP contribution >= 0.6 is 18.7 Å². The molecule has 29 heavy (non-hydrogen) atoms. The summed E-state index contributed by atoms with van der Waals surface area (Å²) in [4.78, 5) is 6.54. The average Bonchev–Trinajstić information content (AvgIpc) is 3.21. The summed E-state index contributed by atoms with van der Waals surface area (Å²) < 4.78 is 20.8. The molecule has 4 nitrogen and oxygen atoms in total. The topological polar surface area (TPSA) is 46.3 Å². The van der Waals surface area contributed by atoms with Crippen LogP contribution < -0.4 is 20.9 Å². The monoisotopic (exact) mass is 422 g/mol. The Morgan fingerprint density at radius 1 is 0.862 bits per heavy atom. The Kier molecular flexibility index (Phi) is 5.31. The molecule has 6 heteroatoms. The highest BCUT2D eigenvalue weighted by molar-refractivity contribution is 7.85. The molecule has 0 saturated heterocycles. The lowest BCUT2D eigenvalue weighted by molar-refractivity contribution is 0.572. The van der Waals surface area contributed by atoms with Crippen LogP contribution in [0.1, 0.15) is 0 Å². The Morgan fingerprint density at radius 3 is 1.97 bits per heavy atom. The molecule has 0 aliphatic rings. The molecule has 0 radical (unpaired) electrons. The fourth-order valence-electron chi connectivity index (χ4n) is 3.21. The number of anilines is 1. The average molecular weight is 423 g/mol. The van der Waals surface area contributed by atoms with Gasteiger partial charge in [0.25, 0.3) is 0 Å². The van der Waals surface area contributed by atoms with Gasteiger partial charge in [-0.15, -0.1) is 0 Å². The molecule has 0 unspecified atom stereocenters. The van der Waals surface area contributed by atoms with E-state index >= 15 is 0 Å². The SMILES string of the molecule is CN(C)c1oc(-c2cccc(Cl)c2)nc1P(=O)(c1ccccc1)c1ccccc1. The zero-order valence-corrected chi connectivity index (χ0v) is 17.8. The molecule has 0 fully saturated rings. The Labute approximate surface area is 175 Å². The number of halogens is 1. The fourth-order valence-corrected chi connectivity index (χ4v) is 6.12. The van der Waals surface area contributed by atoms with Crippen LogP contribution in [-0.4, -0.2) is 19.1 Å². The molecule has 0 N–H and O–H groups in total. The van der Waals surface area contributed by atoms with Crippen LogP contribution in [0.15, 0.2) is 89.3 Å². The summed E-state index contributed by atoms with van der Waals surface area (Å²) in [5, 5.41) is 2.00. The van der Waals surface area contributed by atoms with Crippen LogP contribution in [0, 0.1) is 0 Å². The standard InChI is InChI=1S/C23H20ClN2O2P/c1-26(2)23-22(25-21(28-23)17-10-9-11-18(24)16-17)29(27,19-12-5-3-6-13-19)20-14-7-4-8-15-20/h3-16H,1-2H3. The van der Waals surface area contributed by atoms with Crippen LogP contribution in [0.2, 0.25) is 5.02 Å². The predicted octanol–water partition coefficient (Wildman–Crippen LogP) is 4.70. The Morgan fingerprint density at radius 2 is 1.45 bits per heavy atom. The first-order chi connectivity index (χ1) is 14.0. The molecule has 0 spiro atoms. The second kappa shape index (κ2) is 7.90. The zero-order chi connectivity index (χ0) is 20.4. The Bertz CT molecular complexity index is 1130. The van der Waals surface area contributed by atoms with E-state index in [1.54, 1.807) is 17.0 Å². The van der Waals surface area contributed by atoms with Crippen molar-refractivity contribution >= 4 is 40.7 Å². The van der Waals surface area contributed by atoms with E-state index in [0.717, 1.165) is 5.56 Å². The maximum atomic E-state index is 14.7. The van der Waals surface area contributed by atoms with Gasteiger partial charge >= 0.3 is 0 Å². The van der Waals surface area contributed by atoms with Crippen molar-refractivity contribution in [2.75, 3.05) is 19.0 Å². The van der Waals surface area contributed by atoms with Gasteiger partial charge < -0.3 is 13.9 Å². The van der Waals surface area contributed by atoms with Gasteiger partial charge in [0.15, 0.2) is 12.6 Å². The van der Waals surface area contributed by atoms with Crippen LogP contribution in [0.25, 0.3) is 11.5 Å². The summed E-state index contributed by atoms with van der Waals surface area (Å²) in [6.45, 7) is 0. The lowest BCUT2D eigenvalue weighted by Gasteiger charge is -2.20. The van der Waals surface area contributed by atoms with Crippen molar-refractivity contribution in [3.63, 3.8) is 0 Å². The van der Waals surface area contributed by atoms with Gasteiger partial charge in [0.2, 0.25) is 11.8 Å². The summed E-state index contributed by atoms with van der Waals surface area (Å²) in [5.74, 6) is 0.856. The van der Waals surface area contributed by atoms with E-state index in [2.05, 4.69) is 0 Å². The first-order valence-electron chi connectivity index (χ1n) is 9.16. The molecule has 0 bridgehead atoms. The first-order valence-corrected chi connectivity index (χ1v) is 11.2. The number of benzene rings is 3. The summed E-state index contributed by atoms with van der Waals surface area (Å²) >= 11 is 6.15. The number of hydrogen-bond donors (Lipinski definition) is 0. The normalized spacial score (nSPS) is 11.4. The quantitative estimate of drug-likeness (QED) is 0.437. The largest absolute Gasteiger partial charge is 0.420 e. The van der Waals surface area contributed by atoms with E-state index in [9.17, 15) is 4.57 Å². The molecule has 3 aromatic carbocycles. The Hall–Kier alpha value is -2.81. The van der Waals surface area contributed by atoms with Gasteiger partial charge in [-0.2, -0.15) is 0 Å². The Balaban J connectivity index is 2.00. The van der Waals surface area contributed by atoms with Crippen molar-refractivity contribution < 1.29 is 8.98 Å². The highest BCUT2D eigenvalue weighted by Gasteiger charge is 2.37. The molecule has 4 aromatic rings. The summed E-state index contributed by atoms with van der Waals surface area (Å²) in [6.07, 6.45) is 0. The van der Waals surface area contributed by atoms with Crippen molar-refractivity contribution in [2.45, 2.75) is 0 Å². The second-order valence-corrected chi connectivity index (χ2v) is 9.94. The van der Waals surface area contributed by atoms with Gasteiger partial charge in [-0.25, -0.2) is 4.98 Å². The number of aromatic nitrogens is 1. The van der Waals surface area contributed by atoms with Crippen LogP contribution in [-0.2, 0) is 4.57 Å². The predicted molar refractivity (Wildman–Crippen MR) is 121 cm³/mol. The lowest BCUT2D eigenvalue weighted by Crippen LogP contribution is -2.29. The van der Waals surface area contributed by atoms with Crippen molar-refractivity contribution in [1.29, 1.82) is 0 Å². The van der Waals surface area contributed by atoms with Gasteiger partial charge in [0.05, 0.1) is 0 Å². The number of oxazole rings is 1. The van der Waals surface area contributed by atoms with Gasteiger partial charge in [0.1, 0.15) is 0 Å². The van der Waals surface area contributed by atoms with Gasteiger partial charge in [-0.3, -0.25) is 0 Å². The zero-order valence-electron chi connectivity index (χ0n) is 16.1. The molecule has 4 rings (SSSR count). The molecule has 1 heterocycles. The maximum absolute atomic E-state index is 14.7. The molecule has 0 aliphatic heterocycles. The first kappa shape index (κ1) is 19.5. The van der Waals surface area contributed by atoms with E-state index in [4.69, 9.17) is 21.0 Å². The number of rotatable bonds is 5. The number of hydrogen-bond acceptors (Lipinski definition) is 4. The molecular formula is C23H20ClN2O2P. The van der Waals surface area contributed by atoms with Crippen molar-refractivity contribution in [1.82, 2.24) is 4.98 Å². The third kappa shape index (κ3) is 3.62. The van der Waals surface area contributed by atoms with Gasteiger partial charge in [0, 0.05) is 35.3 Å². The van der Waals surface area contributed by atoms with E-state index < -0.39 is 7.14 Å². The molecule has 0 atom stereocenters. The van der Waals surface area contributed by atoms with E-state index in [0.29, 0.717) is 32.8 Å². The molecule has 146 valence electrons. The molecular weight excluding hydrogens is 403 g/mol. The minimum atomic E-state index is -3.26. The van der Waals surface area contributed by atoms with Crippen molar-refractivity contribution in [3.05, 3.63) is 90.0 Å². The lowest BCUT2D eigenvalue weighted by atomic mass is 10.2. The maximum Gasteiger partial charge on any atom is 0.229 e. The summed E-state index contributed by atoms with van der Waals surface area (Å²) in [7, 11) is 0.448. The highest BCUT2D eigenvalue weighted by atomic mass is 35.5. The minimum absolute atomic E-state index is 0.387.